The monoisotopic (exact) mass is 192 g/mol. The summed E-state index contributed by atoms with van der Waals surface area (Å²) in [6, 6.07) is 1.01. The summed E-state index contributed by atoms with van der Waals surface area (Å²) in [5, 5.41) is 13.0. The van der Waals surface area contributed by atoms with Crippen molar-refractivity contribution in [3.05, 3.63) is 28.8 Å². The van der Waals surface area contributed by atoms with Crippen molar-refractivity contribution in [1.82, 2.24) is 19.7 Å². The van der Waals surface area contributed by atoms with E-state index in [1.165, 1.54) is 0 Å². The summed E-state index contributed by atoms with van der Waals surface area (Å²) in [6.45, 7) is 0. The maximum atomic E-state index is 11.0. The minimum absolute atomic E-state index is 0.299. The van der Waals surface area contributed by atoms with E-state index in [-0.39, 0.29) is 5.88 Å². The van der Waals surface area contributed by atoms with Gasteiger partial charge in [0.05, 0.1) is 17.8 Å². The van der Waals surface area contributed by atoms with Gasteiger partial charge in [0.2, 0.25) is 5.88 Å². The molecule has 0 saturated heterocycles. The average Bonchev–Trinajstić information content (AvgIpc) is 2.50. The predicted molar refractivity (Wildman–Crippen MR) is 48.7 cm³/mol. The van der Waals surface area contributed by atoms with Crippen LogP contribution in [0.4, 0.5) is 0 Å². The van der Waals surface area contributed by atoms with E-state index in [1.807, 2.05) is 0 Å². The molecule has 0 atom stereocenters. The van der Waals surface area contributed by atoms with Crippen LogP contribution in [0.3, 0.4) is 0 Å². The van der Waals surface area contributed by atoms with Gasteiger partial charge in [0.25, 0.3) is 5.56 Å². The predicted octanol–water partition coefficient (Wildman–Crippen LogP) is -0.124. The largest absolute Gasteiger partial charge is 0.493 e. The van der Waals surface area contributed by atoms with Gasteiger partial charge < -0.3 is 10.1 Å². The zero-order chi connectivity index (χ0) is 10.1. The van der Waals surface area contributed by atoms with Crippen molar-refractivity contribution < 1.29 is 5.11 Å². The molecular weight excluding hydrogens is 184 g/mol. The molecule has 0 fully saturated rings. The molecule has 0 aliphatic rings. The van der Waals surface area contributed by atoms with Gasteiger partial charge in [-0.1, -0.05) is 0 Å². The molecule has 0 unspecified atom stereocenters. The van der Waals surface area contributed by atoms with Crippen LogP contribution in [0.25, 0.3) is 11.4 Å². The van der Waals surface area contributed by atoms with E-state index >= 15 is 0 Å². The van der Waals surface area contributed by atoms with E-state index in [0.717, 1.165) is 6.07 Å². The Morgan fingerprint density at radius 1 is 1.57 bits per heavy atom. The number of aromatic nitrogens is 4. The summed E-state index contributed by atoms with van der Waals surface area (Å²) < 4.78 is 1.58. The van der Waals surface area contributed by atoms with Crippen LogP contribution in [0.15, 0.2) is 23.3 Å². The molecule has 0 aliphatic heterocycles. The van der Waals surface area contributed by atoms with E-state index in [9.17, 15) is 4.79 Å². The van der Waals surface area contributed by atoms with Gasteiger partial charge >= 0.3 is 0 Å². The molecule has 6 nitrogen and oxygen atoms in total. The standard InChI is InChI=1S/C8H8N4O2/c1-12-4-5(3-9-12)8-10-6(13)2-7(14)11-8/h2-4H,1H3,(H2,10,11,13,14). The van der Waals surface area contributed by atoms with Crippen LogP contribution >= 0.6 is 0 Å². The van der Waals surface area contributed by atoms with Crippen LogP contribution in [0.2, 0.25) is 0 Å². The first-order chi connectivity index (χ1) is 6.65. The third-order valence-electron chi connectivity index (χ3n) is 1.71. The normalized spacial score (nSPS) is 10.4. The highest BCUT2D eigenvalue weighted by Crippen LogP contribution is 2.13. The van der Waals surface area contributed by atoms with Crippen LogP contribution < -0.4 is 5.56 Å². The van der Waals surface area contributed by atoms with Crippen molar-refractivity contribution in [3.63, 3.8) is 0 Å². The molecule has 2 rings (SSSR count). The van der Waals surface area contributed by atoms with E-state index in [2.05, 4.69) is 15.1 Å². The summed E-state index contributed by atoms with van der Waals surface area (Å²) in [5.74, 6) is 0.00991. The Kier molecular flexibility index (Phi) is 1.81. The van der Waals surface area contributed by atoms with Gasteiger partial charge in [-0.2, -0.15) is 10.1 Å². The average molecular weight is 192 g/mol. The lowest BCUT2D eigenvalue weighted by Gasteiger charge is -1.95. The lowest BCUT2D eigenvalue weighted by atomic mass is 10.3. The molecule has 72 valence electrons. The third kappa shape index (κ3) is 1.49. The lowest BCUT2D eigenvalue weighted by Crippen LogP contribution is -2.06. The minimum Gasteiger partial charge on any atom is -0.493 e. The van der Waals surface area contributed by atoms with Gasteiger partial charge in [0.15, 0.2) is 0 Å². The molecule has 0 spiro atoms. The molecule has 14 heavy (non-hydrogen) atoms. The fraction of sp³-hybridized carbons (Fsp3) is 0.125. The summed E-state index contributed by atoms with van der Waals surface area (Å²) in [6.07, 6.45) is 3.25. The Labute approximate surface area is 78.9 Å². The fourth-order valence-electron chi connectivity index (χ4n) is 1.13. The first-order valence-electron chi connectivity index (χ1n) is 3.94. The Bertz CT molecular complexity index is 514. The zero-order valence-electron chi connectivity index (χ0n) is 7.43. The van der Waals surface area contributed by atoms with E-state index in [1.54, 1.807) is 24.1 Å². The maximum Gasteiger partial charge on any atom is 0.254 e. The number of H-pyrrole nitrogens is 1. The molecule has 2 aromatic heterocycles. The topological polar surface area (TPSA) is 83.8 Å². The second-order valence-electron chi connectivity index (χ2n) is 2.85. The van der Waals surface area contributed by atoms with Crippen LogP contribution in [-0.4, -0.2) is 24.9 Å². The number of nitrogens with zero attached hydrogens (tertiary/aromatic N) is 3. The number of rotatable bonds is 1. The van der Waals surface area contributed by atoms with E-state index < -0.39 is 5.56 Å². The van der Waals surface area contributed by atoms with Crippen molar-refractivity contribution in [2.75, 3.05) is 0 Å². The Hall–Kier alpha value is -2.11. The fourth-order valence-corrected chi connectivity index (χ4v) is 1.13. The number of aromatic amines is 1. The van der Waals surface area contributed by atoms with Crippen molar-refractivity contribution >= 4 is 0 Å². The van der Waals surface area contributed by atoms with Gasteiger partial charge in [-0.3, -0.25) is 9.48 Å². The molecule has 2 heterocycles. The Balaban J connectivity index is 2.56. The first-order valence-corrected chi connectivity index (χ1v) is 3.94. The maximum absolute atomic E-state index is 11.0. The third-order valence-corrected chi connectivity index (χ3v) is 1.71. The molecule has 0 radical (unpaired) electrons. The van der Waals surface area contributed by atoms with Gasteiger partial charge in [0.1, 0.15) is 5.82 Å². The van der Waals surface area contributed by atoms with Gasteiger partial charge in [-0.25, -0.2) is 0 Å². The molecule has 2 N–H and O–H groups in total. The van der Waals surface area contributed by atoms with Crippen molar-refractivity contribution in [2.24, 2.45) is 7.05 Å². The molecular formula is C8H8N4O2. The number of nitrogens with one attached hydrogen (secondary N) is 1. The number of aromatic hydroxyl groups is 1. The zero-order valence-corrected chi connectivity index (χ0v) is 7.43. The second-order valence-corrected chi connectivity index (χ2v) is 2.85. The van der Waals surface area contributed by atoms with E-state index in [4.69, 9.17) is 5.11 Å². The Morgan fingerprint density at radius 2 is 2.36 bits per heavy atom. The highest BCUT2D eigenvalue weighted by molar-refractivity contribution is 5.52. The SMILES string of the molecule is Cn1cc(-c2nc(O)cc(=O)[nH]2)cn1. The van der Waals surface area contributed by atoms with Gasteiger partial charge in [-0.05, 0) is 0 Å². The summed E-state index contributed by atoms with van der Waals surface area (Å²) in [5.41, 5.74) is 0.261. The first kappa shape index (κ1) is 8.49. The molecule has 0 aromatic carbocycles. The van der Waals surface area contributed by atoms with Crippen molar-refractivity contribution in [1.29, 1.82) is 0 Å². The highest BCUT2D eigenvalue weighted by atomic mass is 16.3. The summed E-state index contributed by atoms with van der Waals surface area (Å²) in [7, 11) is 1.75. The molecule has 0 bridgehead atoms. The van der Waals surface area contributed by atoms with Crippen molar-refractivity contribution in [2.45, 2.75) is 0 Å². The van der Waals surface area contributed by atoms with Crippen LogP contribution in [-0.2, 0) is 7.05 Å². The van der Waals surface area contributed by atoms with Gasteiger partial charge in [0, 0.05) is 13.2 Å². The summed E-state index contributed by atoms with van der Waals surface area (Å²) in [4.78, 5) is 17.3. The van der Waals surface area contributed by atoms with Crippen LogP contribution in [0.5, 0.6) is 5.88 Å². The quantitative estimate of drug-likeness (QED) is 0.659. The van der Waals surface area contributed by atoms with E-state index in [0.29, 0.717) is 11.4 Å². The molecule has 0 amide bonds. The Morgan fingerprint density at radius 3 is 2.93 bits per heavy atom. The lowest BCUT2D eigenvalue weighted by molar-refractivity contribution is 0.452. The molecule has 2 aromatic rings. The van der Waals surface area contributed by atoms with Crippen LogP contribution in [0.1, 0.15) is 0 Å². The van der Waals surface area contributed by atoms with Crippen molar-refractivity contribution in [3.8, 4) is 17.3 Å². The number of aryl methyl sites for hydroxylation is 1. The van der Waals surface area contributed by atoms with Gasteiger partial charge in [-0.15, -0.1) is 0 Å². The molecule has 0 saturated carbocycles. The molecule has 0 aliphatic carbocycles. The highest BCUT2D eigenvalue weighted by Gasteiger charge is 2.04. The smallest absolute Gasteiger partial charge is 0.254 e. The van der Waals surface area contributed by atoms with Crippen LogP contribution in [0, 0.1) is 0 Å². The number of hydrogen-bond donors (Lipinski definition) is 2. The molecule has 6 heteroatoms. The number of hydrogen-bond acceptors (Lipinski definition) is 4. The summed E-state index contributed by atoms with van der Waals surface area (Å²) >= 11 is 0. The minimum atomic E-state index is -0.392. The second kappa shape index (κ2) is 2.99.